The summed E-state index contributed by atoms with van der Waals surface area (Å²) in [7, 11) is 1.47. The molecule has 1 atom stereocenters. The number of hydrogen-bond donors (Lipinski definition) is 2. The second kappa shape index (κ2) is 8.73. The van der Waals surface area contributed by atoms with Crippen LogP contribution in [-0.4, -0.2) is 38.0 Å². The van der Waals surface area contributed by atoms with Crippen molar-refractivity contribution in [2.45, 2.75) is 19.3 Å². The first-order valence-corrected chi connectivity index (χ1v) is 6.77. The van der Waals surface area contributed by atoms with Gasteiger partial charge in [0, 0.05) is 7.05 Å². The van der Waals surface area contributed by atoms with Crippen LogP contribution in [0.1, 0.15) is 24.8 Å². The number of esters is 1. The van der Waals surface area contributed by atoms with E-state index in [1.165, 1.54) is 7.05 Å². The molecule has 1 aromatic carbocycles. The van der Waals surface area contributed by atoms with Gasteiger partial charge in [-0.05, 0) is 12.0 Å². The highest BCUT2D eigenvalue weighted by atomic mass is 16.5. The fourth-order valence-electron chi connectivity index (χ4n) is 1.78. The molecule has 21 heavy (non-hydrogen) atoms. The van der Waals surface area contributed by atoms with E-state index in [1.54, 1.807) is 0 Å². The zero-order valence-corrected chi connectivity index (χ0v) is 12.2. The largest absolute Gasteiger partial charge is 0.455 e. The van der Waals surface area contributed by atoms with E-state index in [1.807, 2.05) is 37.3 Å². The molecule has 114 valence electrons. The molecular weight excluding hydrogens is 272 g/mol. The van der Waals surface area contributed by atoms with E-state index in [-0.39, 0.29) is 19.1 Å². The number of likely N-dealkylation sites (N-methyl/N-ethyl adjacent to an activating group) is 1. The molecule has 6 nitrogen and oxygen atoms in total. The van der Waals surface area contributed by atoms with E-state index >= 15 is 0 Å². The molecule has 0 aliphatic heterocycles. The van der Waals surface area contributed by atoms with Crippen LogP contribution < -0.4 is 10.6 Å². The molecule has 0 heterocycles. The minimum Gasteiger partial charge on any atom is -0.455 e. The van der Waals surface area contributed by atoms with E-state index in [9.17, 15) is 14.4 Å². The summed E-state index contributed by atoms with van der Waals surface area (Å²) in [6.07, 6.45) is 0.586. The normalized spacial score (nSPS) is 11.3. The number of ether oxygens (including phenoxy) is 1. The first-order chi connectivity index (χ1) is 10.1. The standard InChI is InChI=1S/C15H20N2O4/c1-3-12(11-7-5-4-6-8-11)15(20)21-10-14(19)17-9-13(18)16-2/h4-8,12H,3,9-10H2,1-2H3,(H,16,18)(H,17,19)/t12-/m0/s1. The average molecular weight is 292 g/mol. The van der Waals surface area contributed by atoms with Gasteiger partial charge in [-0.3, -0.25) is 14.4 Å². The Morgan fingerprint density at radius 3 is 2.38 bits per heavy atom. The third-order valence-corrected chi connectivity index (χ3v) is 2.97. The van der Waals surface area contributed by atoms with Crippen LogP contribution in [0.4, 0.5) is 0 Å². The highest BCUT2D eigenvalue weighted by Gasteiger charge is 2.20. The lowest BCUT2D eigenvalue weighted by molar-refractivity contribution is -0.150. The smallest absolute Gasteiger partial charge is 0.313 e. The van der Waals surface area contributed by atoms with E-state index < -0.39 is 17.8 Å². The van der Waals surface area contributed by atoms with Gasteiger partial charge < -0.3 is 15.4 Å². The highest BCUT2D eigenvalue weighted by molar-refractivity contribution is 5.87. The maximum atomic E-state index is 12.0. The predicted molar refractivity (Wildman–Crippen MR) is 77.5 cm³/mol. The summed E-state index contributed by atoms with van der Waals surface area (Å²) in [5, 5.41) is 4.73. The molecule has 0 spiro atoms. The highest BCUT2D eigenvalue weighted by Crippen LogP contribution is 2.20. The molecule has 0 fully saturated rings. The number of carbonyl (C=O) groups is 3. The van der Waals surface area contributed by atoms with Gasteiger partial charge in [0.25, 0.3) is 5.91 Å². The van der Waals surface area contributed by atoms with Crippen molar-refractivity contribution in [3.05, 3.63) is 35.9 Å². The Hall–Kier alpha value is -2.37. The van der Waals surface area contributed by atoms with Crippen LogP contribution in [-0.2, 0) is 19.1 Å². The lowest BCUT2D eigenvalue weighted by Gasteiger charge is -2.14. The van der Waals surface area contributed by atoms with Gasteiger partial charge in [0.2, 0.25) is 5.91 Å². The molecule has 1 rings (SSSR count). The van der Waals surface area contributed by atoms with Gasteiger partial charge in [0.05, 0.1) is 12.5 Å². The first kappa shape index (κ1) is 16.7. The molecule has 2 N–H and O–H groups in total. The Labute approximate surface area is 123 Å². The minimum absolute atomic E-state index is 0.136. The number of amides is 2. The van der Waals surface area contributed by atoms with Crippen LogP contribution >= 0.6 is 0 Å². The number of rotatable bonds is 7. The van der Waals surface area contributed by atoms with E-state index in [2.05, 4.69) is 10.6 Å². The summed E-state index contributed by atoms with van der Waals surface area (Å²) in [6, 6.07) is 9.26. The fraction of sp³-hybridized carbons (Fsp3) is 0.400. The van der Waals surface area contributed by atoms with Crippen LogP contribution in [0.25, 0.3) is 0 Å². The third-order valence-electron chi connectivity index (χ3n) is 2.97. The summed E-state index contributed by atoms with van der Waals surface area (Å²) < 4.78 is 4.99. The van der Waals surface area contributed by atoms with Crippen molar-refractivity contribution in [3.8, 4) is 0 Å². The van der Waals surface area contributed by atoms with Crippen LogP contribution in [0.3, 0.4) is 0 Å². The monoisotopic (exact) mass is 292 g/mol. The zero-order valence-electron chi connectivity index (χ0n) is 12.2. The second-order valence-corrected chi connectivity index (χ2v) is 4.43. The molecule has 2 amide bonds. The SMILES string of the molecule is CC[C@H](C(=O)OCC(=O)NCC(=O)NC)c1ccccc1. The molecule has 6 heteroatoms. The van der Waals surface area contributed by atoms with Gasteiger partial charge in [-0.2, -0.15) is 0 Å². The van der Waals surface area contributed by atoms with Crippen molar-refractivity contribution in [3.63, 3.8) is 0 Å². The average Bonchev–Trinajstić information content (AvgIpc) is 2.52. The van der Waals surface area contributed by atoms with Crippen LogP contribution in [0.2, 0.25) is 0 Å². The molecule has 0 aliphatic carbocycles. The molecule has 1 aromatic rings. The molecule has 0 aromatic heterocycles. The van der Waals surface area contributed by atoms with Crippen molar-refractivity contribution in [2.24, 2.45) is 0 Å². The summed E-state index contributed by atoms with van der Waals surface area (Å²) in [6.45, 7) is 1.35. The van der Waals surface area contributed by atoms with Crippen LogP contribution in [0, 0.1) is 0 Å². The van der Waals surface area contributed by atoms with Gasteiger partial charge in [-0.1, -0.05) is 37.3 Å². The topological polar surface area (TPSA) is 84.5 Å². The first-order valence-electron chi connectivity index (χ1n) is 6.77. The van der Waals surface area contributed by atoms with Gasteiger partial charge in [0.1, 0.15) is 0 Å². The third kappa shape index (κ3) is 5.64. The summed E-state index contributed by atoms with van der Waals surface area (Å²) in [4.78, 5) is 34.4. The van der Waals surface area contributed by atoms with Crippen molar-refractivity contribution in [1.82, 2.24) is 10.6 Å². The number of carbonyl (C=O) groups excluding carboxylic acids is 3. The summed E-state index contributed by atoms with van der Waals surface area (Å²) in [5.41, 5.74) is 0.857. The van der Waals surface area contributed by atoms with E-state index in [0.29, 0.717) is 6.42 Å². The summed E-state index contributed by atoms with van der Waals surface area (Å²) >= 11 is 0. The molecule has 0 radical (unpaired) electrons. The van der Waals surface area contributed by atoms with Crippen molar-refractivity contribution < 1.29 is 19.1 Å². The lowest BCUT2D eigenvalue weighted by Crippen LogP contribution is -2.37. The molecular formula is C15H20N2O4. The van der Waals surface area contributed by atoms with Crippen LogP contribution in [0.15, 0.2) is 30.3 Å². The van der Waals surface area contributed by atoms with Gasteiger partial charge in [-0.15, -0.1) is 0 Å². The quantitative estimate of drug-likeness (QED) is 0.720. The Bertz CT molecular complexity index is 488. The number of benzene rings is 1. The molecule has 0 saturated heterocycles. The number of nitrogens with one attached hydrogen (secondary N) is 2. The van der Waals surface area contributed by atoms with Crippen molar-refractivity contribution >= 4 is 17.8 Å². The maximum absolute atomic E-state index is 12.0. The van der Waals surface area contributed by atoms with Crippen LogP contribution in [0.5, 0.6) is 0 Å². The molecule has 0 aliphatic rings. The molecule has 0 unspecified atom stereocenters. The predicted octanol–water partition coefficient (Wildman–Crippen LogP) is 0.586. The second-order valence-electron chi connectivity index (χ2n) is 4.43. The molecule has 0 bridgehead atoms. The lowest BCUT2D eigenvalue weighted by atomic mass is 9.97. The molecule has 0 saturated carbocycles. The Morgan fingerprint density at radius 1 is 1.14 bits per heavy atom. The Morgan fingerprint density at radius 2 is 1.81 bits per heavy atom. The zero-order chi connectivity index (χ0) is 15.7. The van der Waals surface area contributed by atoms with Gasteiger partial charge >= 0.3 is 5.97 Å². The van der Waals surface area contributed by atoms with Crippen molar-refractivity contribution in [2.75, 3.05) is 20.2 Å². The minimum atomic E-state index is -0.505. The van der Waals surface area contributed by atoms with Gasteiger partial charge in [-0.25, -0.2) is 0 Å². The maximum Gasteiger partial charge on any atom is 0.313 e. The Kier molecular flexibility index (Phi) is 6.94. The fourth-order valence-corrected chi connectivity index (χ4v) is 1.78. The Balaban J connectivity index is 2.45. The van der Waals surface area contributed by atoms with E-state index in [0.717, 1.165) is 5.56 Å². The van der Waals surface area contributed by atoms with Gasteiger partial charge in [0.15, 0.2) is 6.61 Å². The summed E-state index contributed by atoms with van der Waals surface area (Å²) in [5.74, 6) is -1.66. The van der Waals surface area contributed by atoms with Crippen molar-refractivity contribution in [1.29, 1.82) is 0 Å². The number of hydrogen-bond acceptors (Lipinski definition) is 4. The van der Waals surface area contributed by atoms with E-state index in [4.69, 9.17) is 4.74 Å².